The van der Waals surface area contributed by atoms with E-state index in [1.807, 2.05) is 78.9 Å². The fourth-order valence-corrected chi connectivity index (χ4v) is 8.59. The molecule has 12 heteroatoms. The molecule has 0 spiro atoms. The zero-order valence-corrected chi connectivity index (χ0v) is 34.9. The van der Waals surface area contributed by atoms with Crippen LogP contribution in [0.15, 0.2) is 155 Å². The van der Waals surface area contributed by atoms with Crippen LogP contribution in [-0.2, 0) is 18.9 Å². The normalized spacial score (nSPS) is 13.7. The van der Waals surface area contributed by atoms with Gasteiger partial charge in [-0.25, -0.2) is 29.2 Å². The average molecular weight is 845 g/mol. The lowest BCUT2D eigenvalue weighted by Crippen LogP contribution is -2.20. The maximum atomic E-state index is 12.6. The highest BCUT2D eigenvalue weighted by Crippen LogP contribution is 2.39. The topological polar surface area (TPSA) is 150 Å². The van der Waals surface area contributed by atoms with Crippen molar-refractivity contribution in [2.75, 3.05) is 28.4 Å². The van der Waals surface area contributed by atoms with E-state index in [-0.39, 0.29) is 0 Å². The van der Waals surface area contributed by atoms with Crippen LogP contribution >= 0.6 is 0 Å². The number of fused-ring (bicyclic) bond motifs is 4. The average Bonchev–Trinajstić information content (AvgIpc) is 4.20. The van der Waals surface area contributed by atoms with Gasteiger partial charge in [0.1, 0.15) is 5.49 Å². The minimum absolute atomic E-state index is 0.399. The lowest BCUT2D eigenvalue weighted by atomic mass is 9.98. The lowest BCUT2D eigenvalue weighted by molar-refractivity contribution is 0.0592. The Labute approximate surface area is 365 Å². The number of hydrogen-bond acceptors (Lipinski definition) is 10. The highest BCUT2D eigenvalue weighted by Gasteiger charge is 2.28. The first kappa shape index (κ1) is 39.5. The van der Waals surface area contributed by atoms with Crippen LogP contribution in [0.2, 0.25) is 0 Å². The molecule has 0 saturated heterocycles. The van der Waals surface area contributed by atoms with E-state index < -0.39 is 23.9 Å². The van der Waals surface area contributed by atoms with Gasteiger partial charge in [0, 0.05) is 38.5 Å². The minimum Gasteiger partial charge on any atom is -0.465 e. The van der Waals surface area contributed by atoms with Gasteiger partial charge in [-0.1, -0.05) is 48.5 Å². The largest absolute Gasteiger partial charge is 0.465 e. The molecule has 4 aromatic carbocycles. The zero-order valence-electron chi connectivity index (χ0n) is 34.9. The Hall–Kier alpha value is -8.64. The van der Waals surface area contributed by atoms with E-state index >= 15 is 0 Å². The third kappa shape index (κ3) is 6.47. The molecule has 64 heavy (non-hydrogen) atoms. The highest BCUT2D eigenvalue weighted by molar-refractivity contribution is 6.30. The molecule has 0 atom stereocenters. The van der Waals surface area contributed by atoms with Crippen LogP contribution in [-0.4, -0.2) is 67.4 Å². The molecular weight excluding hydrogens is 809 g/mol. The first-order chi connectivity index (χ1) is 31.2. The smallest absolute Gasteiger partial charge is 0.337 e. The molecular formula is C52H36N4O8. The van der Waals surface area contributed by atoms with Gasteiger partial charge in [-0.05, 0) is 113 Å². The second-order valence-corrected chi connectivity index (χ2v) is 15.1. The number of nitrogens with zero attached hydrogens (tertiary/aromatic N) is 3. The monoisotopic (exact) mass is 844 g/mol. The van der Waals surface area contributed by atoms with E-state index in [0.717, 1.165) is 72.0 Å². The summed E-state index contributed by atoms with van der Waals surface area (Å²) >= 11 is 0. The molecule has 12 nitrogen and oxygen atoms in total. The first-order valence-electron chi connectivity index (χ1n) is 20.2. The van der Waals surface area contributed by atoms with E-state index in [9.17, 15) is 19.2 Å². The third-order valence-corrected chi connectivity index (χ3v) is 11.6. The first-order valence-corrected chi connectivity index (χ1v) is 20.2. The zero-order chi connectivity index (χ0) is 44.2. The molecule has 0 aliphatic carbocycles. The number of aromatic nitrogens is 2. The Morgan fingerprint density at radius 1 is 0.484 bits per heavy atom. The fraction of sp³-hybridized carbons (Fsp3) is 0.0769. The molecule has 0 amide bonds. The van der Waals surface area contributed by atoms with Crippen molar-refractivity contribution in [3.05, 3.63) is 211 Å². The lowest BCUT2D eigenvalue weighted by Gasteiger charge is -2.12. The molecule has 0 unspecified atom stereocenters. The van der Waals surface area contributed by atoms with Crippen molar-refractivity contribution in [1.82, 2.24) is 9.38 Å². The van der Waals surface area contributed by atoms with Crippen molar-refractivity contribution < 1.29 is 38.1 Å². The number of allylic oxidation sites excluding steroid dienone is 3. The van der Waals surface area contributed by atoms with Crippen molar-refractivity contribution in [3.63, 3.8) is 0 Å². The quantitative estimate of drug-likeness (QED) is 0.132. The summed E-state index contributed by atoms with van der Waals surface area (Å²) in [5, 5.41) is 1.50. The summed E-state index contributed by atoms with van der Waals surface area (Å²) in [5.41, 5.74) is 13.3. The number of hydrogen-bond donors (Lipinski definition) is 1. The predicted molar refractivity (Wildman–Crippen MR) is 240 cm³/mol. The number of benzene rings is 4. The number of aromatic amines is 1. The van der Waals surface area contributed by atoms with Gasteiger partial charge in [-0.2, -0.15) is 0 Å². The van der Waals surface area contributed by atoms with Gasteiger partial charge in [0.05, 0.1) is 79.0 Å². The molecule has 0 saturated carbocycles. The Balaban J connectivity index is 1.31. The molecule has 6 bridgehead atoms. The fourth-order valence-electron chi connectivity index (χ4n) is 8.59. The molecule has 10 rings (SSSR count). The van der Waals surface area contributed by atoms with Gasteiger partial charge < -0.3 is 23.9 Å². The number of carbonyl (C=O) groups is 4. The SMILES string of the molecule is COC(=O)c1ccc(C2=C3C=CC(=N3)C(c3ccc(C(=O)OC)cc3)=c3ccc([nH]3)=C(c3ccc(C(=O)OC)cc3)C3=Cc4c(-c5ccc(C(=O)OC)cc5)c5ccc2n5c4=N3)cc1. The molecule has 7 aromatic rings. The summed E-state index contributed by atoms with van der Waals surface area (Å²) in [6.45, 7) is 0. The van der Waals surface area contributed by atoms with Crippen LogP contribution in [0, 0.1) is 0 Å². The minimum atomic E-state index is -0.453. The summed E-state index contributed by atoms with van der Waals surface area (Å²) in [5.74, 6) is -1.79. The second-order valence-electron chi connectivity index (χ2n) is 15.1. The van der Waals surface area contributed by atoms with E-state index in [2.05, 4.69) is 21.5 Å². The molecule has 6 heterocycles. The van der Waals surface area contributed by atoms with Gasteiger partial charge in [-0.15, -0.1) is 0 Å². The number of aliphatic imine (C=N–C) groups is 1. The Morgan fingerprint density at radius 2 is 0.938 bits per heavy atom. The third-order valence-electron chi connectivity index (χ3n) is 11.6. The summed E-state index contributed by atoms with van der Waals surface area (Å²) in [6, 6.07) is 37.0. The van der Waals surface area contributed by atoms with Gasteiger partial charge in [-0.3, -0.25) is 4.40 Å². The number of carbonyl (C=O) groups excluding carboxylic acids is 4. The number of esters is 4. The standard InChI is InChI=1S/C52H36N4O8/c1-61-49(57)32-13-5-28(6-14-32)44-36-27-41-46(30-9-17-34(18-10-30)51(59)63-3)39-22-21-37(53-39)45(29-7-15-33(16-8-29)50(58)62-2)38-23-24-40(54-38)47(31-11-19-35(20-12-31)52(60)64-4)43-26-25-42(44)56(43)48(36)55-41/h5-27,53H,1-4H3. The molecule has 0 fully saturated rings. The van der Waals surface area contributed by atoms with Gasteiger partial charge >= 0.3 is 23.9 Å². The second kappa shape index (κ2) is 15.7. The molecule has 0 radical (unpaired) electrons. The van der Waals surface area contributed by atoms with Crippen molar-refractivity contribution in [2.45, 2.75) is 0 Å². The van der Waals surface area contributed by atoms with Crippen LogP contribution in [0.5, 0.6) is 0 Å². The molecule has 3 aliphatic heterocycles. The Kier molecular flexibility index (Phi) is 9.67. The number of nitrogens with one attached hydrogen (secondary N) is 1. The number of rotatable bonds is 8. The van der Waals surface area contributed by atoms with Gasteiger partial charge in [0.15, 0.2) is 0 Å². The van der Waals surface area contributed by atoms with Gasteiger partial charge in [0.25, 0.3) is 0 Å². The summed E-state index contributed by atoms with van der Waals surface area (Å²) in [4.78, 5) is 64.6. The van der Waals surface area contributed by atoms with Crippen LogP contribution in [0.4, 0.5) is 0 Å². The Morgan fingerprint density at radius 3 is 1.44 bits per heavy atom. The van der Waals surface area contributed by atoms with Gasteiger partial charge in [0.2, 0.25) is 0 Å². The van der Waals surface area contributed by atoms with Crippen molar-refractivity contribution in [3.8, 4) is 11.1 Å². The predicted octanol–water partition coefficient (Wildman–Crippen LogP) is 6.66. The van der Waals surface area contributed by atoms with E-state index in [1.54, 1.807) is 48.5 Å². The maximum absolute atomic E-state index is 12.6. The van der Waals surface area contributed by atoms with Crippen LogP contribution in [0.3, 0.4) is 0 Å². The molecule has 3 aromatic heterocycles. The molecule has 1 N–H and O–H groups in total. The van der Waals surface area contributed by atoms with Crippen molar-refractivity contribution >= 4 is 57.9 Å². The summed E-state index contributed by atoms with van der Waals surface area (Å²) in [6.07, 6.45) is 6.01. The maximum Gasteiger partial charge on any atom is 0.337 e. The Bertz CT molecular complexity index is 3460. The number of ether oxygens (including phenoxy) is 4. The van der Waals surface area contributed by atoms with Crippen molar-refractivity contribution in [1.29, 1.82) is 0 Å². The van der Waals surface area contributed by atoms with E-state index in [0.29, 0.717) is 44.8 Å². The molecule has 3 aliphatic rings. The van der Waals surface area contributed by atoms with Crippen LogP contribution in [0.25, 0.3) is 39.4 Å². The van der Waals surface area contributed by atoms with E-state index in [4.69, 9.17) is 28.9 Å². The summed E-state index contributed by atoms with van der Waals surface area (Å²) in [7, 11) is 5.40. The van der Waals surface area contributed by atoms with Crippen LogP contribution in [0.1, 0.15) is 69.4 Å². The molecule has 312 valence electrons. The summed E-state index contributed by atoms with van der Waals surface area (Å²) < 4.78 is 22.2. The van der Waals surface area contributed by atoms with Crippen LogP contribution < -0.4 is 16.2 Å². The van der Waals surface area contributed by atoms with Crippen molar-refractivity contribution in [2.24, 2.45) is 9.98 Å². The highest BCUT2D eigenvalue weighted by atomic mass is 16.5. The number of methoxy groups -OCH3 is 4. The van der Waals surface area contributed by atoms with E-state index in [1.165, 1.54) is 28.4 Å². The number of H-pyrrole nitrogens is 1.